The van der Waals surface area contributed by atoms with Gasteiger partial charge >= 0.3 is 0 Å². The number of allylic oxidation sites excluding steroid dienone is 2. The first-order chi connectivity index (χ1) is 10.9. The zero-order valence-electron chi connectivity index (χ0n) is 13.3. The lowest BCUT2D eigenvalue weighted by Crippen LogP contribution is -2.50. The van der Waals surface area contributed by atoms with Crippen molar-refractivity contribution in [1.82, 2.24) is 9.88 Å². The van der Waals surface area contributed by atoms with Crippen LogP contribution in [0.5, 0.6) is 0 Å². The van der Waals surface area contributed by atoms with E-state index in [1.54, 1.807) is 6.07 Å². The molecule has 2 aliphatic rings. The second kappa shape index (κ2) is 7.73. The Hall–Kier alpha value is -1.42. The van der Waals surface area contributed by atoms with Gasteiger partial charge in [-0.1, -0.05) is 18.2 Å². The van der Waals surface area contributed by atoms with Crippen molar-refractivity contribution in [3.63, 3.8) is 0 Å². The first-order valence-corrected chi connectivity index (χ1v) is 8.53. The fraction of sp³-hybridized carbons (Fsp3) is 0.611. The van der Waals surface area contributed by atoms with E-state index in [2.05, 4.69) is 26.9 Å². The molecule has 3 rings (SSSR count). The van der Waals surface area contributed by atoms with Crippen LogP contribution in [0.4, 0.5) is 10.2 Å². The fourth-order valence-electron chi connectivity index (χ4n) is 3.54. The lowest BCUT2D eigenvalue weighted by Gasteiger charge is -2.40. The van der Waals surface area contributed by atoms with Crippen LogP contribution in [0.3, 0.4) is 0 Å². The SMILES string of the molecule is FCc1cccc(N2CCN(C3CC/C=C\CCC3)CC2)n1. The van der Waals surface area contributed by atoms with E-state index >= 15 is 0 Å². The Balaban J connectivity index is 1.56. The molecule has 0 aromatic carbocycles. The lowest BCUT2D eigenvalue weighted by molar-refractivity contribution is 0.165. The maximum Gasteiger partial charge on any atom is 0.132 e. The third-order valence-corrected chi connectivity index (χ3v) is 4.82. The summed E-state index contributed by atoms with van der Waals surface area (Å²) < 4.78 is 12.8. The summed E-state index contributed by atoms with van der Waals surface area (Å²) in [4.78, 5) is 9.34. The zero-order chi connectivity index (χ0) is 15.2. The second-order valence-electron chi connectivity index (χ2n) is 6.28. The summed E-state index contributed by atoms with van der Waals surface area (Å²) in [5, 5.41) is 0. The fourth-order valence-corrected chi connectivity index (χ4v) is 3.54. The molecule has 1 fully saturated rings. The first-order valence-electron chi connectivity index (χ1n) is 8.53. The van der Waals surface area contributed by atoms with Gasteiger partial charge in [0.25, 0.3) is 0 Å². The van der Waals surface area contributed by atoms with E-state index in [-0.39, 0.29) is 0 Å². The molecule has 1 unspecified atom stereocenters. The highest BCUT2D eigenvalue weighted by Gasteiger charge is 2.24. The van der Waals surface area contributed by atoms with Crippen LogP contribution >= 0.6 is 0 Å². The Morgan fingerprint density at radius 3 is 2.68 bits per heavy atom. The number of aromatic nitrogens is 1. The molecule has 0 amide bonds. The largest absolute Gasteiger partial charge is 0.354 e. The quantitative estimate of drug-likeness (QED) is 0.796. The van der Waals surface area contributed by atoms with E-state index < -0.39 is 6.67 Å². The van der Waals surface area contributed by atoms with Gasteiger partial charge in [0.15, 0.2) is 0 Å². The highest BCUT2D eigenvalue weighted by molar-refractivity contribution is 5.39. The van der Waals surface area contributed by atoms with Crippen LogP contribution in [0.1, 0.15) is 37.8 Å². The monoisotopic (exact) mass is 303 g/mol. The molecule has 1 aromatic rings. The Bertz CT molecular complexity index is 495. The minimum Gasteiger partial charge on any atom is -0.354 e. The Kier molecular flexibility index (Phi) is 5.43. The van der Waals surface area contributed by atoms with Crippen molar-refractivity contribution in [3.05, 3.63) is 36.0 Å². The second-order valence-corrected chi connectivity index (χ2v) is 6.28. The van der Waals surface area contributed by atoms with Crippen LogP contribution in [0, 0.1) is 0 Å². The van der Waals surface area contributed by atoms with E-state index in [1.807, 2.05) is 12.1 Å². The Morgan fingerprint density at radius 2 is 1.86 bits per heavy atom. The maximum atomic E-state index is 12.8. The lowest BCUT2D eigenvalue weighted by atomic mass is 9.99. The molecule has 120 valence electrons. The molecule has 0 radical (unpaired) electrons. The number of pyridine rings is 1. The summed E-state index contributed by atoms with van der Waals surface area (Å²) in [6, 6.07) is 6.39. The van der Waals surface area contributed by atoms with Crippen molar-refractivity contribution >= 4 is 5.82 Å². The molecule has 2 heterocycles. The average Bonchev–Trinajstić information content (AvgIpc) is 2.55. The number of nitrogens with zero attached hydrogens (tertiary/aromatic N) is 3. The molecule has 0 bridgehead atoms. The highest BCUT2D eigenvalue weighted by atomic mass is 19.1. The number of hydrogen-bond acceptors (Lipinski definition) is 3. The molecule has 1 saturated heterocycles. The summed E-state index contributed by atoms with van der Waals surface area (Å²) >= 11 is 0. The third kappa shape index (κ3) is 3.86. The van der Waals surface area contributed by atoms with E-state index in [0.717, 1.165) is 38.0 Å². The van der Waals surface area contributed by atoms with Crippen LogP contribution in [0.15, 0.2) is 30.4 Å². The summed E-state index contributed by atoms with van der Waals surface area (Å²) in [7, 11) is 0. The number of piperazine rings is 1. The molecule has 0 spiro atoms. The van der Waals surface area contributed by atoms with E-state index in [9.17, 15) is 4.39 Å². The molecule has 22 heavy (non-hydrogen) atoms. The standard InChI is InChI=1S/C18H26FN3/c19-15-16-7-6-10-18(20-16)22-13-11-21(12-14-22)17-8-4-2-1-3-5-9-17/h1-2,6-7,10,17H,3-5,8-9,11-15H2/b2-1-. The topological polar surface area (TPSA) is 19.4 Å². The minimum atomic E-state index is -0.483. The number of anilines is 1. The molecule has 1 aliphatic carbocycles. The molecule has 4 heteroatoms. The molecule has 3 nitrogen and oxygen atoms in total. The van der Waals surface area contributed by atoms with Crippen LogP contribution < -0.4 is 4.90 Å². The number of hydrogen-bond donors (Lipinski definition) is 0. The van der Waals surface area contributed by atoms with Gasteiger partial charge in [0.1, 0.15) is 12.5 Å². The molecular weight excluding hydrogens is 277 g/mol. The average molecular weight is 303 g/mol. The molecule has 0 saturated carbocycles. The smallest absolute Gasteiger partial charge is 0.132 e. The van der Waals surface area contributed by atoms with E-state index in [4.69, 9.17) is 0 Å². The summed E-state index contributed by atoms with van der Waals surface area (Å²) in [5.74, 6) is 0.926. The van der Waals surface area contributed by atoms with Crippen molar-refractivity contribution in [1.29, 1.82) is 0 Å². The van der Waals surface area contributed by atoms with Crippen molar-refractivity contribution < 1.29 is 4.39 Å². The predicted octanol–water partition coefficient (Wildman–Crippen LogP) is 3.56. The van der Waals surface area contributed by atoms with Gasteiger partial charge in [0.05, 0.1) is 5.69 Å². The first kappa shape index (κ1) is 15.5. The van der Waals surface area contributed by atoms with Gasteiger partial charge in [-0.3, -0.25) is 4.90 Å². The van der Waals surface area contributed by atoms with Crippen molar-refractivity contribution in [2.24, 2.45) is 0 Å². The normalized spacial score (nSPS) is 25.5. The van der Waals surface area contributed by atoms with E-state index in [0.29, 0.717) is 5.69 Å². The van der Waals surface area contributed by atoms with Gasteiger partial charge in [-0.2, -0.15) is 0 Å². The van der Waals surface area contributed by atoms with E-state index in [1.165, 1.54) is 32.1 Å². The summed E-state index contributed by atoms with van der Waals surface area (Å²) in [6.45, 7) is 3.69. The van der Waals surface area contributed by atoms with Gasteiger partial charge in [0.2, 0.25) is 0 Å². The van der Waals surface area contributed by atoms with Gasteiger partial charge in [-0.05, 0) is 44.2 Å². The van der Waals surface area contributed by atoms with Crippen molar-refractivity contribution in [2.75, 3.05) is 31.1 Å². The summed E-state index contributed by atoms with van der Waals surface area (Å²) in [5.41, 5.74) is 0.534. The van der Waals surface area contributed by atoms with Crippen molar-refractivity contribution in [3.8, 4) is 0 Å². The molecule has 1 aliphatic heterocycles. The molecule has 1 atom stereocenters. The maximum absolute atomic E-state index is 12.8. The number of halogens is 1. The molecule has 1 aromatic heterocycles. The van der Waals surface area contributed by atoms with Gasteiger partial charge < -0.3 is 4.90 Å². The highest BCUT2D eigenvalue weighted by Crippen LogP contribution is 2.21. The minimum absolute atomic E-state index is 0.483. The zero-order valence-corrected chi connectivity index (χ0v) is 13.3. The van der Waals surface area contributed by atoms with Gasteiger partial charge in [-0.25, -0.2) is 9.37 Å². The predicted molar refractivity (Wildman–Crippen MR) is 88.8 cm³/mol. The van der Waals surface area contributed by atoms with Gasteiger partial charge in [-0.15, -0.1) is 0 Å². The molecule has 0 N–H and O–H groups in total. The Labute approximate surface area is 132 Å². The van der Waals surface area contributed by atoms with Crippen LogP contribution in [-0.4, -0.2) is 42.1 Å². The molecular formula is C18H26FN3. The van der Waals surface area contributed by atoms with Crippen LogP contribution in [-0.2, 0) is 6.67 Å². The Morgan fingerprint density at radius 1 is 1.05 bits per heavy atom. The van der Waals surface area contributed by atoms with Gasteiger partial charge in [0, 0.05) is 32.2 Å². The third-order valence-electron chi connectivity index (χ3n) is 4.82. The van der Waals surface area contributed by atoms with Crippen molar-refractivity contribution in [2.45, 2.75) is 44.8 Å². The number of alkyl halides is 1. The number of rotatable bonds is 3. The van der Waals surface area contributed by atoms with Crippen LogP contribution in [0.2, 0.25) is 0 Å². The summed E-state index contributed by atoms with van der Waals surface area (Å²) in [6.07, 6.45) is 11.0. The van der Waals surface area contributed by atoms with Crippen LogP contribution in [0.25, 0.3) is 0 Å².